The summed E-state index contributed by atoms with van der Waals surface area (Å²) in [5.74, 6) is 0.314. The fourth-order valence-corrected chi connectivity index (χ4v) is 2.09. The quantitative estimate of drug-likeness (QED) is 0.814. The van der Waals surface area contributed by atoms with Crippen molar-refractivity contribution in [3.05, 3.63) is 41.2 Å². The second kappa shape index (κ2) is 5.04. The van der Waals surface area contributed by atoms with Crippen molar-refractivity contribution in [3.63, 3.8) is 0 Å². The lowest BCUT2D eigenvalue weighted by molar-refractivity contribution is -0.127. The minimum atomic E-state index is -0.174. The number of hydrogen-bond acceptors (Lipinski definition) is 2. The third-order valence-corrected chi connectivity index (χ3v) is 2.93. The van der Waals surface area contributed by atoms with Gasteiger partial charge in [0.1, 0.15) is 5.82 Å². The zero-order valence-electron chi connectivity index (χ0n) is 10.6. The van der Waals surface area contributed by atoms with Crippen LogP contribution in [0.5, 0.6) is 0 Å². The van der Waals surface area contributed by atoms with Crippen LogP contribution < -0.4 is 5.32 Å². The highest BCUT2D eigenvalue weighted by Crippen LogP contribution is 2.19. The first-order chi connectivity index (χ1) is 8.58. The topological polar surface area (TPSA) is 49.4 Å². The van der Waals surface area contributed by atoms with E-state index in [2.05, 4.69) is 5.32 Å². The molecule has 1 aliphatic heterocycles. The van der Waals surface area contributed by atoms with Gasteiger partial charge in [0, 0.05) is 20.4 Å². The maximum absolute atomic E-state index is 11.6. The predicted octanol–water partition coefficient (Wildman–Crippen LogP) is 1.53. The Morgan fingerprint density at radius 1 is 1.22 bits per heavy atom. The number of carbonyl (C=O) groups is 2. The summed E-state index contributed by atoms with van der Waals surface area (Å²) in [5, 5.41) is 2.72. The number of nitrogens with zero attached hydrogens (tertiary/aromatic N) is 1. The van der Waals surface area contributed by atoms with Crippen LogP contribution in [-0.2, 0) is 16.0 Å². The molecule has 2 amide bonds. The van der Waals surface area contributed by atoms with Crippen LogP contribution in [-0.4, -0.2) is 23.3 Å². The lowest BCUT2D eigenvalue weighted by Crippen LogP contribution is -2.37. The standard InChI is InChI=1S/C14H16N2O2/c1-10(17)15-14-9-13-6-4-3-5-12(13)7-8-16(14)11(2)18/h3-6,9H,7-8H2,1-2H3,(H,15,17). The summed E-state index contributed by atoms with van der Waals surface area (Å²) >= 11 is 0. The van der Waals surface area contributed by atoms with Gasteiger partial charge in [-0.05, 0) is 23.6 Å². The summed E-state index contributed by atoms with van der Waals surface area (Å²) in [6.45, 7) is 3.53. The van der Waals surface area contributed by atoms with E-state index in [9.17, 15) is 9.59 Å². The van der Waals surface area contributed by atoms with Crippen LogP contribution in [0.3, 0.4) is 0 Å². The molecule has 18 heavy (non-hydrogen) atoms. The van der Waals surface area contributed by atoms with E-state index in [1.54, 1.807) is 4.90 Å². The van der Waals surface area contributed by atoms with Crippen LogP contribution in [0.1, 0.15) is 25.0 Å². The Kier molecular flexibility index (Phi) is 3.46. The van der Waals surface area contributed by atoms with E-state index in [0.717, 1.165) is 12.0 Å². The molecule has 0 radical (unpaired) electrons. The molecule has 94 valence electrons. The van der Waals surface area contributed by atoms with Gasteiger partial charge in [-0.3, -0.25) is 14.5 Å². The van der Waals surface area contributed by atoms with Gasteiger partial charge in [0.15, 0.2) is 0 Å². The lowest BCUT2D eigenvalue weighted by Gasteiger charge is -2.22. The van der Waals surface area contributed by atoms with Gasteiger partial charge in [-0.1, -0.05) is 24.3 Å². The van der Waals surface area contributed by atoms with Crippen molar-refractivity contribution < 1.29 is 9.59 Å². The lowest BCUT2D eigenvalue weighted by atomic mass is 10.1. The molecule has 0 atom stereocenters. The van der Waals surface area contributed by atoms with E-state index >= 15 is 0 Å². The Balaban J connectivity index is 2.42. The van der Waals surface area contributed by atoms with Crippen LogP contribution in [0.2, 0.25) is 0 Å². The molecule has 1 heterocycles. The average molecular weight is 244 g/mol. The minimum absolute atomic E-state index is 0.0668. The van der Waals surface area contributed by atoms with Crippen LogP contribution >= 0.6 is 0 Å². The monoisotopic (exact) mass is 244 g/mol. The molecule has 0 spiro atoms. The number of benzene rings is 1. The second-order valence-electron chi connectivity index (χ2n) is 4.33. The van der Waals surface area contributed by atoms with Crippen molar-refractivity contribution in [2.75, 3.05) is 6.54 Å². The number of fused-ring (bicyclic) bond motifs is 1. The number of carbonyl (C=O) groups excluding carboxylic acids is 2. The van der Waals surface area contributed by atoms with Crippen LogP contribution in [0.15, 0.2) is 30.1 Å². The van der Waals surface area contributed by atoms with Gasteiger partial charge in [-0.25, -0.2) is 0 Å². The Labute approximate surface area is 106 Å². The minimum Gasteiger partial charge on any atom is -0.312 e. The molecule has 1 aliphatic rings. The fourth-order valence-electron chi connectivity index (χ4n) is 2.09. The van der Waals surface area contributed by atoms with E-state index < -0.39 is 0 Å². The van der Waals surface area contributed by atoms with Crippen LogP contribution in [0.25, 0.3) is 6.08 Å². The van der Waals surface area contributed by atoms with E-state index in [0.29, 0.717) is 12.4 Å². The van der Waals surface area contributed by atoms with Crippen molar-refractivity contribution in [3.8, 4) is 0 Å². The molecular formula is C14H16N2O2. The Hall–Kier alpha value is -2.10. The maximum atomic E-state index is 11.6. The number of amides is 2. The summed E-state index contributed by atoms with van der Waals surface area (Å²) in [7, 11) is 0. The van der Waals surface area contributed by atoms with Crippen molar-refractivity contribution in [2.24, 2.45) is 0 Å². The first-order valence-electron chi connectivity index (χ1n) is 5.93. The predicted molar refractivity (Wildman–Crippen MR) is 69.3 cm³/mol. The Bertz CT molecular complexity index is 520. The zero-order valence-corrected chi connectivity index (χ0v) is 10.6. The highest BCUT2D eigenvalue weighted by molar-refractivity contribution is 5.82. The highest BCUT2D eigenvalue weighted by atomic mass is 16.2. The van der Waals surface area contributed by atoms with Gasteiger partial charge in [0.05, 0.1) is 0 Å². The smallest absolute Gasteiger partial charge is 0.224 e. The molecule has 0 saturated carbocycles. The molecule has 4 nitrogen and oxygen atoms in total. The van der Waals surface area contributed by atoms with Gasteiger partial charge in [0.2, 0.25) is 11.8 Å². The van der Waals surface area contributed by atoms with E-state index in [1.807, 2.05) is 30.3 Å². The molecule has 1 N–H and O–H groups in total. The number of nitrogens with one attached hydrogen (secondary N) is 1. The molecule has 1 aromatic rings. The third-order valence-electron chi connectivity index (χ3n) is 2.93. The molecular weight excluding hydrogens is 228 g/mol. The van der Waals surface area contributed by atoms with Crippen LogP contribution in [0, 0.1) is 0 Å². The van der Waals surface area contributed by atoms with Gasteiger partial charge < -0.3 is 5.32 Å². The molecule has 1 aromatic carbocycles. The Morgan fingerprint density at radius 3 is 2.61 bits per heavy atom. The number of rotatable bonds is 1. The van der Waals surface area contributed by atoms with Crippen LogP contribution in [0.4, 0.5) is 0 Å². The van der Waals surface area contributed by atoms with Crippen molar-refractivity contribution >= 4 is 17.9 Å². The van der Waals surface area contributed by atoms with Gasteiger partial charge in [-0.15, -0.1) is 0 Å². The SMILES string of the molecule is CC(=O)NC1=Cc2ccccc2CCN1C(C)=O. The summed E-state index contributed by atoms with van der Waals surface area (Å²) in [4.78, 5) is 24.4. The summed E-state index contributed by atoms with van der Waals surface area (Å²) in [5.41, 5.74) is 2.23. The summed E-state index contributed by atoms with van der Waals surface area (Å²) < 4.78 is 0. The second-order valence-corrected chi connectivity index (χ2v) is 4.33. The molecule has 2 rings (SSSR count). The maximum Gasteiger partial charge on any atom is 0.224 e. The van der Waals surface area contributed by atoms with E-state index in [4.69, 9.17) is 0 Å². The highest BCUT2D eigenvalue weighted by Gasteiger charge is 2.19. The van der Waals surface area contributed by atoms with Gasteiger partial charge in [0.25, 0.3) is 0 Å². The molecule has 4 heteroatoms. The largest absolute Gasteiger partial charge is 0.312 e. The van der Waals surface area contributed by atoms with Gasteiger partial charge >= 0.3 is 0 Å². The fraction of sp³-hybridized carbons (Fsp3) is 0.286. The van der Waals surface area contributed by atoms with E-state index in [-0.39, 0.29) is 11.8 Å². The first kappa shape index (κ1) is 12.4. The zero-order chi connectivity index (χ0) is 13.1. The molecule has 0 fully saturated rings. The average Bonchev–Trinajstić information content (AvgIpc) is 2.47. The molecule has 0 unspecified atom stereocenters. The molecule has 0 aliphatic carbocycles. The van der Waals surface area contributed by atoms with Gasteiger partial charge in [-0.2, -0.15) is 0 Å². The summed E-state index contributed by atoms with van der Waals surface area (Å²) in [6.07, 6.45) is 2.64. The summed E-state index contributed by atoms with van der Waals surface area (Å²) in [6, 6.07) is 7.96. The van der Waals surface area contributed by atoms with Crippen molar-refractivity contribution in [1.29, 1.82) is 0 Å². The van der Waals surface area contributed by atoms with Crippen molar-refractivity contribution in [2.45, 2.75) is 20.3 Å². The van der Waals surface area contributed by atoms with Crippen molar-refractivity contribution in [1.82, 2.24) is 10.2 Å². The first-order valence-corrected chi connectivity index (χ1v) is 5.93. The Morgan fingerprint density at radius 2 is 1.94 bits per heavy atom. The molecule has 0 saturated heterocycles. The third kappa shape index (κ3) is 2.59. The van der Waals surface area contributed by atoms with E-state index in [1.165, 1.54) is 19.4 Å². The molecule has 0 bridgehead atoms. The normalized spacial score (nSPS) is 14.3. The molecule has 0 aromatic heterocycles. The number of hydrogen-bond donors (Lipinski definition) is 1.